The van der Waals surface area contributed by atoms with Gasteiger partial charge < -0.3 is 0 Å². The SMILES string of the molecule is Cl.O=[N+]([O-])c1cccnc1Cc1ccccc1. The van der Waals surface area contributed by atoms with Crippen molar-refractivity contribution in [1.29, 1.82) is 0 Å². The molecule has 2 aromatic rings. The van der Waals surface area contributed by atoms with Gasteiger partial charge in [-0.25, -0.2) is 0 Å². The summed E-state index contributed by atoms with van der Waals surface area (Å²) >= 11 is 0. The molecule has 88 valence electrons. The van der Waals surface area contributed by atoms with Crippen molar-refractivity contribution in [3.8, 4) is 0 Å². The summed E-state index contributed by atoms with van der Waals surface area (Å²) in [6.45, 7) is 0. The Morgan fingerprint density at radius 3 is 2.47 bits per heavy atom. The summed E-state index contributed by atoms with van der Waals surface area (Å²) in [7, 11) is 0. The maximum absolute atomic E-state index is 10.8. The number of nitro groups is 1. The first-order valence-corrected chi connectivity index (χ1v) is 4.89. The molecular weight excluding hydrogens is 240 g/mol. The molecule has 0 spiro atoms. The number of nitrogens with zero attached hydrogens (tertiary/aromatic N) is 2. The summed E-state index contributed by atoms with van der Waals surface area (Å²) in [6, 6.07) is 12.6. The first kappa shape index (κ1) is 13.1. The first-order valence-electron chi connectivity index (χ1n) is 4.89. The van der Waals surface area contributed by atoms with Crippen molar-refractivity contribution in [1.82, 2.24) is 4.98 Å². The Bertz CT molecular complexity index is 503. The van der Waals surface area contributed by atoms with E-state index in [1.165, 1.54) is 6.07 Å². The van der Waals surface area contributed by atoms with Gasteiger partial charge in [-0.3, -0.25) is 15.1 Å². The minimum absolute atomic E-state index is 0. The fourth-order valence-corrected chi connectivity index (χ4v) is 1.52. The van der Waals surface area contributed by atoms with Gasteiger partial charge in [0.1, 0.15) is 5.69 Å². The lowest BCUT2D eigenvalue weighted by Crippen LogP contribution is -1.98. The van der Waals surface area contributed by atoms with E-state index in [1.54, 1.807) is 12.3 Å². The van der Waals surface area contributed by atoms with Gasteiger partial charge in [0.2, 0.25) is 0 Å². The highest BCUT2D eigenvalue weighted by atomic mass is 35.5. The first-order chi connectivity index (χ1) is 7.77. The molecule has 2 rings (SSSR count). The quantitative estimate of drug-likeness (QED) is 0.622. The van der Waals surface area contributed by atoms with E-state index in [-0.39, 0.29) is 18.1 Å². The molecule has 0 amide bonds. The summed E-state index contributed by atoms with van der Waals surface area (Å²) in [6.07, 6.45) is 2.06. The largest absolute Gasteiger partial charge is 0.291 e. The predicted molar refractivity (Wildman–Crippen MR) is 67.4 cm³/mol. The van der Waals surface area contributed by atoms with Crippen LogP contribution in [0.4, 0.5) is 5.69 Å². The van der Waals surface area contributed by atoms with Crippen LogP contribution in [-0.2, 0) is 6.42 Å². The van der Waals surface area contributed by atoms with Crippen LogP contribution in [0.25, 0.3) is 0 Å². The van der Waals surface area contributed by atoms with E-state index in [1.807, 2.05) is 30.3 Å². The molecule has 0 bridgehead atoms. The van der Waals surface area contributed by atoms with Gasteiger partial charge in [-0.1, -0.05) is 30.3 Å². The molecule has 0 atom stereocenters. The van der Waals surface area contributed by atoms with Gasteiger partial charge in [0.15, 0.2) is 0 Å². The number of rotatable bonds is 3. The van der Waals surface area contributed by atoms with Crippen LogP contribution in [0.2, 0.25) is 0 Å². The van der Waals surface area contributed by atoms with E-state index >= 15 is 0 Å². The average molecular weight is 251 g/mol. The second kappa shape index (κ2) is 5.96. The van der Waals surface area contributed by atoms with Crippen molar-refractivity contribution >= 4 is 18.1 Å². The molecule has 0 aliphatic carbocycles. The molecule has 0 unspecified atom stereocenters. The summed E-state index contributed by atoms with van der Waals surface area (Å²) in [4.78, 5) is 14.4. The maximum Gasteiger partial charge on any atom is 0.291 e. The van der Waals surface area contributed by atoms with E-state index in [0.29, 0.717) is 12.1 Å². The zero-order valence-corrected chi connectivity index (χ0v) is 9.76. The summed E-state index contributed by atoms with van der Waals surface area (Å²) < 4.78 is 0. The Labute approximate surface area is 105 Å². The highest BCUT2D eigenvalue weighted by Gasteiger charge is 2.13. The van der Waals surface area contributed by atoms with Crippen molar-refractivity contribution in [3.63, 3.8) is 0 Å². The monoisotopic (exact) mass is 250 g/mol. The molecule has 0 N–H and O–H groups in total. The van der Waals surface area contributed by atoms with Crippen molar-refractivity contribution < 1.29 is 4.92 Å². The van der Waals surface area contributed by atoms with E-state index < -0.39 is 4.92 Å². The molecule has 1 aromatic heterocycles. The fraction of sp³-hybridized carbons (Fsp3) is 0.0833. The standard InChI is InChI=1S/C12H10N2O2.ClH/c15-14(16)12-7-4-8-13-11(12)9-10-5-2-1-3-6-10;/h1-8H,9H2;1H. The van der Waals surface area contributed by atoms with Crippen LogP contribution in [0.15, 0.2) is 48.7 Å². The molecule has 5 heteroatoms. The van der Waals surface area contributed by atoms with Gasteiger partial charge in [0, 0.05) is 18.7 Å². The summed E-state index contributed by atoms with van der Waals surface area (Å²) in [5.41, 5.74) is 1.59. The van der Waals surface area contributed by atoms with Gasteiger partial charge in [-0.15, -0.1) is 12.4 Å². The zero-order valence-electron chi connectivity index (χ0n) is 8.95. The van der Waals surface area contributed by atoms with Gasteiger partial charge in [0.05, 0.1) is 4.92 Å². The van der Waals surface area contributed by atoms with Crippen molar-refractivity contribution in [2.45, 2.75) is 6.42 Å². The number of halogens is 1. The Hall–Kier alpha value is -1.94. The highest BCUT2D eigenvalue weighted by molar-refractivity contribution is 5.85. The van der Waals surface area contributed by atoms with Crippen LogP contribution in [0, 0.1) is 10.1 Å². The number of hydrogen-bond donors (Lipinski definition) is 0. The van der Waals surface area contributed by atoms with E-state index in [2.05, 4.69) is 4.98 Å². The Morgan fingerprint density at radius 2 is 1.82 bits per heavy atom. The predicted octanol–water partition coefficient (Wildman–Crippen LogP) is 3.00. The number of aromatic nitrogens is 1. The second-order valence-electron chi connectivity index (χ2n) is 3.39. The second-order valence-corrected chi connectivity index (χ2v) is 3.39. The molecule has 0 fully saturated rings. The molecule has 0 radical (unpaired) electrons. The van der Waals surface area contributed by atoms with Crippen LogP contribution in [-0.4, -0.2) is 9.91 Å². The normalized spacial score (nSPS) is 9.41. The number of benzene rings is 1. The third kappa shape index (κ3) is 3.26. The molecule has 0 saturated carbocycles. The summed E-state index contributed by atoms with van der Waals surface area (Å²) in [5.74, 6) is 0. The Balaban J connectivity index is 0.00000144. The Morgan fingerprint density at radius 1 is 1.12 bits per heavy atom. The molecule has 1 aromatic carbocycles. The fourth-order valence-electron chi connectivity index (χ4n) is 1.52. The van der Waals surface area contributed by atoms with Gasteiger partial charge in [0.25, 0.3) is 5.69 Å². The maximum atomic E-state index is 10.8. The Kier molecular flexibility index (Phi) is 4.60. The van der Waals surface area contributed by atoms with Crippen LogP contribution in [0.5, 0.6) is 0 Å². The summed E-state index contributed by atoms with van der Waals surface area (Å²) in [5, 5.41) is 10.8. The molecular formula is C12H11ClN2O2. The van der Waals surface area contributed by atoms with Crippen molar-refractivity contribution in [3.05, 3.63) is 70.0 Å². The van der Waals surface area contributed by atoms with Gasteiger partial charge >= 0.3 is 0 Å². The third-order valence-electron chi connectivity index (χ3n) is 2.28. The van der Waals surface area contributed by atoms with Crippen LogP contribution in [0.1, 0.15) is 11.3 Å². The van der Waals surface area contributed by atoms with E-state index in [4.69, 9.17) is 0 Å². The van der Waals surface area contributed by atoms with Gasteiger partial charge in [-0.2, -0.15) is 0 Å². The number of pyridine rings is 1. The van der Waals surface area contributed by atoms with E-state index in [9.17, 15) is 10.1 Å². The molecule has 1 heterocycles. The molecule has 4 nitrogen and oxygen atoms in total. The van der Waals surface area contributed by atoms with Crippen LogP contribution < -0.4 is 0 Å². The minimum Gasteiger partial charge on any atom is -0.258 e. The smallest absolute Gasteiger partial charge is 0.258 e. The third-order valence-corrected chi connectivity index (χ3v) is 2.28. The number of hydrogen-bond acceptors (Lipinski definition) is 3. The topological polar surface area (TPSA) is 56.0 Å². The minimum atomic E-state index is -0.398. The van der Waals surface area contributed by atoms with Crippen molar-refractivity contribution in [2.75, 3.05) is 0 Å². The molecule has 0 aliphatic heterocycles. The van der Waals surface area contributed by atoms with Crippen LogP contribution >= 0.6 is 12.4 Å². The molecule has 17 heavy (non-hydrogen) atoms. The molecule has 0 saturated heterocycles. The molecule has 0 aliphatic rings. The van der Waals surface area contributed by atoms with Crippen LogP contribution in [0.3, 0.4) is 0 Å². The highest BCUT2D eigenvalue weighted by Crippen LogP contribution is 2.18. The van der Waals surface area contributed by atoms with E-state index in [0.717, 1.165) is 5.56 Å². The lowest BCUT2D eigenvalue weighted by atomic mass is 10.1. The average Bonchev–Trinajstić information content (AvgIpc) is 2.31. The zero-order chi connectivity index (χ0) is 11.4. The van der Waals surface area contributed by atoms with Crippen molar-refractivity contribution in [2.24, 2.45) is 0 Å². The van der Waals surface area contributed by atoms with Gasteiger partial charge in [-0.05, 0) is 11.6 Å². The lowest BCUT2D eigenvalue weighted by Gasteiger charge is -2.01. The lowest BCUT2D eigenvalue weighted by molar-refractivity contribution is -0.385.